The Morgan fingerprint density at radius 1 is 0.714 bits per heavy atom. The van der Waals surface area contributed by atoms with Gasteiger partial charge >= 0.3 is 5.97 Å². The standard InChI is InChI=1S/C28H20N4O3/c33-28(34)16-35-25-9-1-17(2-10-25)26-14-24-13-22-6-5-20(30-22)11-18-3-4-19(29-18)12-21-7-8-23(31-21)15-27(26)32-24/h1-15,29,32H,16H2,(H,33,34). The van der Waals surface area contributed by atoms with Gasteiger partial charge in [0.1, 0.15) is 5.75 Å². The van der Waals surface area contributed by atoms with E-state index >= 15 is 0 Å². The molecule has 5 heterocycles. The molecule has 170 valence electrons. The summed E-state index contributed by atoms with van der Waals surface area (Å²) in [5.74, 6) is -0.506. The Morgan fingerprint density at radius 3 is 1.89 bits per heavy atom. The van der Waals surface area contributed by atoms with Crippen molar-refractivity contribution in [2.24, 2.45) is 0 Å². The molecule has 2 aliphatic heterocycles. The lowest BCUT2D eigenvalue weighted by atomic mass is 10.1. The number of benzene rings is 1. The van der Waals surface area contributed by atoms with E-state index in [0.717, 1.165) is 56.0 Å². The molecule has 3 aromatic heterocycles. The van der Waals surface area contributed by atoms with E-state index in [1.54, 1.807) is 12.1 Å². The van der Waals surface area contributed by atoms with Crippen molar-refractivity contribution in [2.75, 3.05) is 6.61 Å². The Kier molecular flexibility index (Phi) is 5.00. The molecule has 0 saturated carbocycles. The molecule has 2 aliphatic rings. The Hall–Kier alpha value is -4.91. The molecule has 35 heavy (non-hydrogen) atoms. The van der Waals surface area contributed by atoms with Crippen LogP contribution in [0.25, 0.3) is 57.5 Å². The Labute approximate surface area is 200 Å². The molecule has 0 saturated heterocycles. The molecule has 0 atom stereocenters. The molecular formula is C28H20N4O3. The number of aromatic nitrogens is 4. The second kappa shape index (κ2) is 8.46. The summed E-state index contributed by atoms with van der Waals surface area (Å²) < 4.78 is 5.27. The van der Waals surface area contributed by atoms with E-state index in [-0.39, 0.29) is 6.61 Å². The number of aliphatic carboxylic acids is 1. The number of carboxylic acid groups (broad SMARTS) is 1. The number of ether oxygens (including phenoxy) is 1. The van der Waals surface area contributed by atoms with Crippen LogP contribution in [0, 0.1) is 0 Å². The number of nitrogens with zero attached hydrogens (tertiary/aromatic N) is 2. The molecule has 8 bridgehead atoms. The Morgan fingerprint density at radius 2 is 1.29 bits per heavy atom. The average Bonchev–Trinajstić information content (AvgIpc) is 3.63. The zero-order valence-electron chi connectivity index (χ0n) is 18.5. The zero-order valence-corrected chi connectivity index (χ0v) is 18.5. The maximum atomic E-state index is 10.8. The molecule has 0 fully saturated rings. The van der Waals surface area contributed by atoms with Gasteiger partial charge in [-0.25, -0.2) is 14.8 Å². The second-order valence-corrected chi connectivity index (χ2v) is 8.29. The van der Waals surface area contributed by atoms with Crippen molar-refractivity contribution < 1.29 is 14.6 Å². The molecule has 7 nitrogen and oxygen atoms in total. The number of H-pyrrole nitrogens is 2. The van der Waals surface area contributed by atoms with Crippen LogP contribution in [-0.2, 0) is 4.79 Å². The first-order valence-corrected chi connectivity index (χ1v) is 11.1. The van der Waals surface area contributed by atoms with E-state index in [4.69, 9.17) is 19.8 Å². The summed E-state index contributed by atoms with van der Waals surface area (Å²) in [6.07, 6.45) is 7.96. The molecule has 4 aromatic rings. The molecule has 1 aromatic carbocycles. The van der Waals surface area contributed by atoms with Crippen LogP contribution in [0.4, 0.5) is 0 Å². The summed E-state index contributed by atoms with van der Waals surface area (Å²) >= 11 is 0. The van der Waals surface area contributed by atoms with Gasteiger partial charge < -0.3 is 19.8 Å². The highest BCUT2D eigenvalue weighted by molar-refractivity contribution is 5.88. The lowest BCUT2D eigenvalue weighted by Crippen LogP contribution is -2.09. The van der Waals surface area contributed by atoms with Gasteiger partial charge in [0.25, 0.3) is 0 Å². The summed E-state index contributed by atoms with van der Waals surface area (Å²) in [5, 5.41) is 8.83. The van der Waals surface area contributed by atoms with E-state index in [1.807, 2.05) is 72.8 Å². The quantitative estimate of drug-likeness (QED) is 0.309. The Bertz CT molecular complexity index is 1670. The molecule has 0 radical (unpaired) electrons. The van der Waals surface area contributed by atoms with Gasteiger partial charge in [0.15, 0.2) is 6.61 Å². The van der Waals surface area contributed by atoms with E-state index in [1.165, 1.54) is 0 Å². The minimum absolute atomic E-state index is 0.376. The third-order valence-corrected chi connectivity index (χ3v) is 5.70. The number of aromatic amines is 2. The molecule has 0 spiro atoms. The van der Waals surface area contributed by atoms with Crippen LogP contribution in [0.5, 0.6) is 5.75 Å². The van der Waals surface area contributed by atoms with Crippen LogP contribution in [0.15, 0.2) is 66.7 Å². The fraction of sp³-hybridized carbons (Fsp3) is 0.0357. The van der Waals surface area contributed by atoms with Gasteiger partial charge in [-0.2, -0.15) is 0 Å². The van der Waals surface area contributed by atoms with Crippen LogP contribution in [0.2, 0.25) is 0 Å². The SMILES string of the molecule is O=C(O)COc1ccc(-c2cc3cc4nc(cc5ccc(cc6nc(cc2[nH]3)C=C6)[nH]5)C=C4)cc1. The normalized spacial score (nSPS) is 12.1. The second-order valence-electron chi connectivity index (χ2n) is 8.29. The van der Waals surface area contributed by atoms with E-state index in [2.05, 4.69) is 16.0 Å². The van der Waals surface area contributed by atoms with Crippen LogP contribution < -0.4 is 4.74 Å². The van der Waals surface area contributed by atoms with Crippen LogP contribution >= 0.6 is 0 Å². The molecule has 0 aliphatic carbocycles. The predicted molar refractivity (Wildman–Crippen MR) is 137 cm³/mol. The van der Waals surface area contributed by atoms with Gasteiger partial charge in [0.05, 0.1) is 22.8 Å². The van der Waals surface area contributed by atoms with E-state index in [0.29, 0.717) is 5.75 Å². The van der Waals surface area contributed by atoms with Gasteiger partial charge in [-0.15, -0.1) is 0 Å². The minimum atomic E-state index is -1.01. The van der Waals surface area contributed by atoms with Crippen LogP contribution in [-0.4, -0.2) is 37.6 Å². The van der Waals surface area contributed by atoms with Gasteiger partial charge in [-0.05, 0) is 84.5 Å². The number of carboxylic acids is 1. The average molecular weight is 460 g/mol. The van der Waals surface area contributed by atoms with Crippen molar-refractivity contribution >= 4 is 52.3 Å². The fourth-order valence-corrected chi connectivity index (χ4v) is 4.13. The first kappa shape index (κ1) is 20.7. The topological polar surface area (TPSA) is 104 Å². The van der Waals surface area contributed by atoms with Gasteiger partial charge in [-0.1, -0.05) is 12.1 Å². The molecule has 0 amide bonds. The highest BCUT2D eigenvalue weighted by Gasteiger charge is 2.08. The molecule has 7 heteroatoms. The highest BCUT2D eigenvalue weighted by atomic mass is 16.5. The van der Waals surface area contributed by atoms with Crippen molar-refractivity contribution in [3.8, 4) is 16.9 Å². The number of rotatable bonds is 4. The molecular weight excluding hydrogens is 440 g/mol. The zero-order chi connectivity index (χ0) is 23.8. The Balaban J connectivity index is 1.53. The number of nitrogens with one attached hydrogen (secondary N) is 2. The summed E-state index contributed by atoms with van der Waals surface area (Å²) in [4.78, 5) is 27.1. The minimum Gasteiger partial charge on any atom is -0.482 e. The summed E-state index contributed by atoms with van der Waals surface area (Å²) in [6, 6.07) is 21.5. The maximum absolute atomic E-state index is 10.8. The lowest BCUT2D eigenvalue weighted by molar-refractivity contribution is -0.139. The van der Waals surface area contributed by atoms with Gasteiger partial charge in [0, 0.05) is 27.6 Å². The van der Waals surface area contributed by atoms with Gasteiger partial charge in [0.2, 0.25) is 0 Å². The third kappa shape index (κ3) is 4.47. The van der Waals surface area contributed by atoms with Crippen molar-refractivity contribution in [2.45, 2.75) is 0 Å². The maximum Gasteiger partial charge on any atom is 0.341 e. The van der Waals surface area contributed by atoms with Crippen LogP contribution in [0.3, 0.4) is 0 Å². The molecule has 6 rings (SSSR count). The first-order chi connectivity index (χ1) is 17.1. The largest absolute Gasteiger partial charge is 0.482 e. The van der Waals surface area contributed by atoms with Crippen molar-refractivity contribution in [1.29, 1.82) is 0 Å². The fourth-order valence-electron chi connectivity index (χ4n) is 4.13. The number of hydrogen-bond acceptors (Lipinski definition) is 4. The van der Waals surface area contributed by atoms with E-state index < -0.39 is 5.97 Å². The summed E-state index contributed by atoms with van der Waals surface area (Å²) in [5.41, 5.74) is 9.17. The summed E-state index contributed by atoms with van der Waals surface area (Å²) in [7, 11) is 0. The number of carbonyl (C=O) groups is 1. The lowest BCUT2D eigenvalue weighted by Gasteiger charge is -2.04. The smallest absolute Gasteiger partial charge is 0.341 e. The highest BCUT2D eigenvalue weighted by Crippen LogP contribution is 2.29. The first-order valence-electron chi connectivity index (χ1n) is 11.1. The van der Waals surface area contributed by atoms with Crippen LogP contribution in [0.1, 0.15) is 22.8 Å². The number of hydrogen-bond donors (Lipinski definition) is 3. The van der Waals surface area contributed by atoms with Crippen molar-refractivity contribution in [3.63, 3.8) is 0 Å². The van der Waals surface area contributed by atoms with Crippen molar-refractivity contribution in [1.82, 2.24) is 19.9 Å². The van der Waals surface area contributed by atoms with Crippen molar-refractivity contribution in [3.05, 3.63) is 89.5 Å². The predicted octanol–water partition coefficient (Wildman–Crippen LogP) is 5.79. The third-order valence-electron chi connectivity index (χ3n) is 5.70. The van der Waals surface area contributed by atoms with E-state index in [9.17, 15) is 4.79 Å². The monoisotopic (exact) mass is 460 g/mol. The number of fused-ring (bicyclic) bond motifs is 8. The summed E-state index contributed by atoms with van der Waals surface area (Å²) in [6.45, 7) is -0.376. The van der Waals surface area contributed by atoms with Gasteiger partial charge in [-0.3, -0.25) is 0 Å². The molecule has 0 unspecified atom stereocenters. The molecule has 3 N–H and O–H groups in total.